The molecule has 4 aromatic rings. The van der Waals surface area contributed by atoms with E-state index in [4.69, 9.17) is 9.15 Å². The minimum absolute atomic E-state index is 0.0325. The van der Waals surface area contributed by atoms with Gasteiger partial charge >= 0.3 is 0 Å². The molecule has 3 N–H and O–H groups in total. The molecule has 0 spiro atoms. The van der Waals surface area contributed by atoms with Crippen LogP contribution in [0.25, 0.3) is 22.3 Å². The van der Waals surface area contributed by atoms with Crippen LogP contribution < -0.4 is 10.2 Å². The number of phenols is 3. The van der Waals surface area contributed by atoms with Gasteiger partial charge < -0.3 is 24.5 Å². The SMILES string of the molecule is O=c1cc(-c2ccc(Oc3ccccc3)cc2)oc2cc(O)c(O)c(O)c12. The predicted molar refractivity (Wildman–Crippen MR) is 99.4 cm³/mol. The molecule has 0 saturated carbocycles. The Morgan fingerprint density at radius 2 is 1.44 bits per heavy atom. The molecular formula is C21H14O6. The number of aromatic hydroxyl groups is 3. The van der Waals surface area contributed by atoms with E-state index >= 15 is 0 Å². The molecule has 134 valence electrons. The third kappa shape index (κ3) is 3.04. The number of hydrogen-bond donors (Lipinski definition) is 3. The Bertz CT molecular complexity index is 1180. The molecule has 0 amide bonds. The van der Waals surface area contributed by atoms with Crippen LogP contribution in [0.2, 0.25) is 0 Å². The minimum Gasteiger partial charge on any atom is -0.504 e. The van der Waals surface area contributed by atoms with Gasteiger partial charge in [-0.25, -0.2) is 0 Å². The molecule has 0 aliphatic heterocycles. The van der Waals surface area contributed by atoms with Crippen LogP contribution in [0, 0.1) is 0 Å². The third-order valence-electron chi connectivity index (χ3n) is 4.06. The van der Waals surface area contributed by atoms with Crippen LogP contribution in [-0.2, 0) is 0 Å². The fraction of sp³-hybridized carbons (Fsp3) is 0. The van der Waals surface area contributed by atoms with Crippen molar-refractivity contribution < 1.29 is 24.5 Å². The van der Waals surface area contributed by atoms with Gasteiger partial charge in [0.05, 0.1) is 0 Å². The Kier molecular flexibility index (Phi) is 3.93. The van der Waals surface area contributed by atoms with E-state index in [1.807, 2.05) is 30.3 Å². The largest absolute Gasteiger partial charge is 0.504 e. The summed E-state index contributed by atoms with van der Waals surface area (Å²) < 4.78 is 11.4. The average Bonchev–Trinajstić information content (AvgIpc) is 2.67. The van der Waals surface area contributed by atoms with E-state index in [1.165, 1.54) is 6.07 Å². The molecule has 6 nitrogen and oxygen atoms in total. The lowest BCUT2D eigenvalue weighted by molar-refractivity contribution is 0.370. The topological polar surface area (TPSA) is 100 Å². The van der Waals surface area contributed by atoms with E-state index in [1.54, 1.807) is 24.3 Å². The summed E-state index contributed by atoms with van der Waals surface area (Å²) in [6.45, 7) is 0. The first kappa shape index (κ1) is 16.5. The normalized spacial score (nSPS) is 10.8. The molecule has 0 atom stereocenters. The summed E-state index contributed by atoms with van der Waals surface area (Å²) in [6.07, 6.45) is 0. The van der Waals surface area contributed by atoms with E-state index in [9.17, 15) is 20.1 Å². The van der Waals surface area contributed by atoms with Gasteiger partial charge in [-0.05, 0) is 36.4 Å². The molecule has 4 rings (SSSR count). The standard InChI is InChI=1S/C21H14O6/c22-15-10-17(27-18-11-16(23)20(24)21(25)19(15)18)12-6-8-14(9-7-12)26-13-4-2-1-3-5-13/h1-11,23-25H. The van der Waals surface area contributed by atoms with Crippen LogP contribution in [0.1, 0.15) is 0 Å². The van der Waals surface area contributed by atoms with Crippen molar-refractivity contribution in [1.29, 1.82) is 0 Å². The highest BCUT2D eigenvalue weighted by Crippen LogP contribution is 2.40. The molecule has 0 saturated heterocycles. The Hall–Kier alpha value is -3.93. The number of benzene rings is 3. The molecule has 3 aromatic carbocycles. The molecule has 1 aromatic heterocycles. The summed E-state index contributed by atoms with van der Waals surface area (Å²) in [5.41, 5.74) is 0.0417. The van der Waals surface area contributed by atoms with E-state index in [0.717, 1.165) is 6.07 Å². The zero-order chi connectivity index (χ0) is 19.0. The fourth-order valence-electron chi connectivity index (χ4n) is 2.73. The predicted octanol–water partition coefficient (Wildman–Crippen LogP) is 4.37. The molecule has 0 aliphatic carbocycles. The first-order valence-electron chi connectivity index (χ1n) is 8.08. The van der Waals surface area contributed by atoms with Gasteiger partial charge in [0, 0.05) is 17.7 Å². The molecule has 6 heteroatoms. The maximum Gasteiger partial charge on any atom is 0.201 e. The smallest absolute Gasteiger partial charge is 0.201 e. The highest BCUT2D eigenvalue weighted by atomic mass is 16.5. The maximum absolute atomic E-state index is 12.3. The number of ether oxygens (including phenoxy) is 1. The molecule has 0 radical (unpaired) electrons. The van der Waals surface area contributed by atoms with Gasteiger partial charge in [0.25, 0.3) is 0 Å². The van der Waals surface area contributed by atoms with E-state index in [-0.39, 0.29) is 16.7 Å². The van der Waals surface area contributed by atoms with Gasteiger partial charge in [-0.2, -0.15) is 0 Å². The van der Waals surface area contributed by atoms with Crippen molar-refractivity contribution >= 4 is 11.0 Å². The average molecular weight is 362 g/mol. The van der Waals surface area contributed by atoms with Crippen LogP contribution in [-0.4, -0.2) is 15.3 Å². The van der Waals surface area contributed by atoms with Crippen LogP contribution in [0.5, 0.6) is 28.7 Å². The summed E-state index contributed by atoms with van der Waals surface area (Å²) in [5, 5.41) is 28.9. The summed E-state index contributed by atoms with van der Waals surface area (Å²) in [5.74, 6) is -0.474. The van der Waals surface area contributed by atoms with Gasteiger partial charge in [0.15, 0.2) is 16.9 Å². The second-order valence-electron chi connectivity index (χ2n) is 5.88. The first-order valence-corrected chi connectivity index (χ1v) is 8.08. The lowest BCUT2D eigenvalue weighted by Gasteiger charge is -2.08. The highest BCUT2D eigenvalue weighted by molar-refractivity contribution is 5.89. The monoisotopic (exact) mass is 362 g/mol. The van der Waals surface area contributed by atoms with Crippen LogP contribution in [0.4, 0.5) is 0 Å². The highest BCUT2D eigenvalue weighted by Gasteiger charge is 2.17. The number of para-hydroxylation sites is 1. The second-order valence-corrected chi connectivity index (χ2v) is 5.88. The summed E-state index contributed by atoms with van der Waals surface area (Å²) in [6, 6.07) is 18.5. The fourth-order valence-corrected chi connectivity index (χ4v) is 2.73. The molecular weight excluding hydrogens is 348 g/mol. The van der Waals surface area contributed by atoms with Crippen LogP contribution in [0.3, 0.4) is 0 Å². The quantitative estimate of drug-likeness (QED) is 0.468. The second kappa shape index (κ2) is 6.42. The van der Waals surface area contributed by atoms with Crippen molar-refractivity contribution in [1.82, 2.24) is 0 Å². The molecule has 0 bridgehead atoms. The van der Waals surface area contributed by atoms with Gasteiger partial charge in [-0.3, -0.25) is 4.79 Å². The Balaban J connectivity index is 1.72. The van der Waals surface area contributed by atoms with E-state index in [2.05, 4.69) is 0 Å². The van der Waals surface area contributed by atoms with Crippen molar-refractivity contribution in [2.45, 2.75) is 0 Å². The first-order chi connectivity index (χ1) is 13.0. The van der Waals surface area contributed by atoms with Crippen LogP contribution in [0.15, 0.2) is 75.9 Å². The number of fused-ring (bicyclic) bond motifs is 1. The summed E-state index contributed by atoms with van der Waals surface area (Å²) >= 11 is 0. The van der Waals surface area contributed by atoms with E-state index < -0.39 is 22.7 Å². The number of hydrogen-bond acceptors (Lipinski definition) is 6. The third-order valence-corrected chi connectivity index (χ3v) is 4.06. The lowest BCUT2D eigenvalue weighted by atomic mass is 10.1. The lowest BCUT2D eigenvalue weighted by Crippen LogP contribution is -2.01. The van der Waals surface area contributed by atoms with Crippen molar-refractivity contribution in [3.8, 4) is 40.1 Å². The Morgan fingerprint density at radius 1 is 0.778 bits per heavy atom. The van der Waals surface area contributed by atoms with E-state index in [0.29, 0.717) is 17.1 Å². The van der Waals surface area contributed by atoms with Crippen molar-refractivity contribution in [3.63, 3.8) is 0 Å². The molecule has 0 unspecified atom stereocenters. The zero-order valence-electron chi connectivity index (χ0n) is 13.9. The summed E-state index contributed by atoms with van der Waals surface area (Å²) in [7, 11) is 0. The van der Waals surface area contributed by atoms with Gasteiger partial charge in [-0.1, -0.05) is 18.2 Å². The van der Waals surface area contributed by atoms with Crippen molar-refractivity contribution in [3.05, 3.63) is 77.0 Å². The van der Waals surface area contributed by atoms with Crippen LogP contribution >= 0.6 is 0 Å². The molecule has 0 aliphatic rings. The van der Waals surface area contributed by atoms with Crippen molar-refractivity contribution in [2.75, 3.05) is 0 Å². The minimum atomic E-state index is -0.759. The van der Waals surface area contributed by atoms with Gasteiger partial charge in [0.2, 0.25) is 5.75 Å². The molecule has 1 heterocycles. The number of rotatable bonds is 3. The van der Waals surface area contributed by atoms with Gasteiger partial charge in [-0.15, -0.1) is 0 Å². The zero-order valence-corrected chi connectivity index (χ0v) is 13.9. The summed E-state index contributed by atoms with van der Waals surface area (Å²) in [4.78, 5) is 12.3. The molecule has 0 fully saturated rings. The van der Waals surface area contributed by atoms with Crippen molar-refractivity contribution in [2.24, 2.45) is 0 Å². The maximum atomic E-state index is 12.3. The Labute approximate surface area is 153 Å². The molecule has 27 heavy (non-hydrogen) atoms. The van der Waals surface area contributed by atoms with Gasteiger partial charge in [0.1, 0.15) is 28.2 Å². The number of phenolic OH excluding ortho intramolecular Hbond substituents is 3. The Morgan fingerprint density at radius 3 is 2.15 bits per heavy atom.